The van der Waals surface area contributed by atoms with Gasteiger partial charge < -0.3 is 14.9 Å². The number of likely N-dealkylation sites (tertiary alicyclic amines) is 1. The number of carbonyl (C=O) groups excluding carboxylic acids is 1. The number of urea groups is 1. The first-order valence-electron chi connectivity index (χ1n) is 7.23. The molecule has 0 radical (unpaired) electrons. The summed E-state index contributed by atoms with van der Waals surface area (Å²) in [5.41, 5.74) is 0.926. The highest BCUT2D eigenvalue weighted by Gasteiger charge is 2.32. The number of rotatable bonds is 3. The molecule has 21 heavy (non-hydrogen) atoms. The molecule has 114 valence electrons. The lowest BCUT2D eigenvalue weighted by Crippen LogP contribution is -2.49. The minimum Gasteiger partial charge on any atom is -0.480 e. The molecule has 1 aromatic rings. The van der Waals surface area contributed by atoms with Crippen LogP contribution in [-0.2, 0) is 11.3 Å². The molecule has 1 aromatic heterocycles. The number of hydrogen-bond donors (Lipinski definition) is 1. The highest BCUT2D eigenvalue weighted by molar-refractivity contribution is 5.82. The van der Waals surface area contributed by atoms with Crippen molar-refractivity contribution in [1.82, 2.24) is 14.8 Å². The van der Waals surface area contributed by atoms with Crippen molar-refractivity contribution in [1.29, 1.82) is 0 Å². The Morgan fingerprint density at radius 2 is 2.24 bits per heavy atom. The van der Waals surface area contributed by atoms with Crippen LogP contribution in [-0.4, -0.2) is 51.5 Å². The average molecular weight is 291 g/mol. The molecule has 1 atom stereocenters. The first-order chi connectivity index (χ1) is 10.1. The largest absolute Gasteiger partial charge is 0.480 e. The van der Waals surface area contributed by atoms with Gasteiger partial charge in [0, 0.05) is 32.5 Å². The number of carboxylic acid groups (broad SMARTS) is 1. The molecule has 2 rings (SSSR count). The lowest BCUT2D eigenvalue weighted by Gasteiger charge is -2.31. The molecule has 0 aliphatic carbocycles. The molecule has 6 nitrogen and oxygen atoms in total. The number of hydrogen-bond acceptors (Lipinski definition) is 3. The fourth-order valence-corrected chi connectivity index (χ4v) is 2.65. The summed E-state index contributed by atoms with van der Waals surface area (Å²) < 4.78 is 0. The van der Waals surface area contributed by atoms with E-state index in [-0.39, 0.29) is 6.03 Å². The molecule has 6 heteroatoms. The normalized spacial score (nSPS) is 18.9. The van der Waals surface area contributed by atoms with E-state index in [1.807, 2.05) is 12.1 Å². The maximum atomic E-state index is 12.5. The van der Waals surface area contributed by atoms with E-state index >= 15 is 0 Å². The van der Waals surface area contributed by atoms with Crippen LogP contribution in [0.15, 0.2) is 24.5 Å². The first-order valence-corrected chi connectivity index (χ1v) is 7.23. The summed E-state index contributed by atoms with van der Waals surface area (Å²) in [4.78, 5) is 31.0. The summed E-state index contributed by atoms with van der Waals surface area (Å²) in [6.45, 7) is 0.933. The Balaban J connectivity index is 2.06. The third-order valence-corrected chi connectivity index (χ3v) is 3.75. The van der Waals surface area contributed by atoms with Crippen LogP contribution >= 0.6 is 0 Å². The van der Waals surface area contributed by atoms with Gasteiger partial charge in [0.25, 0.3) is 0 Å². The number of nitrogens with zero attached hydrogens (tertiary/aromatic N) is 3. The molecular formula is C15H21N3O3. The molecule has 0 aromatic carbocycles. The van der Waals surface area contributed by atoms with Gasteiger partial charge in [-0.3, -0.25) is 4.98 Å². The third-order valence-electron chi connectivity index (χ3n) is 3.75. The molecule has 1 N–H and O–H groups in total. The molecule has 1 aliphatic heterocycles. The van der Waals surface area contributed by atoms with Crippen molar-refractivity contribution < 1.29 is 14.7 Å². The second kappa shape index (κ2) is 7.06. The van der Waals surface area contributed by atoms with Gasteiger partial charge in [-0.05, 0) is 24.5 Å². The molecule has 0 spiro atoms. The lowest BCUT2D eigenvalue weighted by molar-refractivity contribution is -0.142. The van der Waals surface area contributed by atoms with Crippen molar-refractivity contribution >= 4 is 12.0 Å². The number of pyridine rings is 1. The number of carboxylic acids is 1. The molecule has 2 amide bonds. The monoisotopic (exact) mass is 291 g/mol. The zero-order valence-corrected chi connectivity index (χ0v) is 12.2. The summed E-state index contributed by atoms with van der Waals surface area (Å²) >= 11 is 0. The van der Waals surface area contributed by atoms with Crippen molar-refractivity contribution in [2.24, 2.45) is 0 Å². The van der Waals surface area contributed by atoms with Gasteiger partial charge in [0.05, 0.1) is 0 Å². The highest BCUT2D eigenvalue weighted by atomic mass is 16.4. The predicted molar refractivity (Wildman–Crippen MR) is 77.7 cm³/mol. The molecule has 0 saturated carbocycles. The van der Waals surface area contributed by atoms with E-state index in [0.29, 0.717) is 19.5 Å². The highest BCUT2D eigenvalue weighted by Crippen LogP contribution is 2.19. The van der Waals surface area contributed by atoms with Gasteiger partial charge in [0.2, 0.25) is 0 Å². The van der Waals surface area contributed by atoms with Gasteiger partial charge in [0.15, 0.2) is 0 Å². The second-order valence-corrected chi connectivity index (χ2v) is 5.40. The molecule has 1 saturated heterocycles. The maximum Gasteiger partial charge on any atom is 0.326 e. The van der Waals surface area contributed by atoms with E-state index in [1.54, 1.807) is 24.3 Å². The van der Waals surface area contributed by atoms with Crippen LogP contribution in [0, 0.1) is 0 Å². The quantitative estimate of drug-likeness (QED) is 0.924. The molecule has 1 fully saturated rings. The summed E-state index contributed by atoms with van der Waals surface area (Å²) in [6.07, 6.45) is 6.60. The van der Waals surface area contributed by atoms with E-state index < -0.39 is 12.0 Å². The van der Waals surface area contributed by atoms with Crippen molar-refractivity contribution in [3.8, 4) is 0 Å². The van der Waals surface area contributed by atoms with Crippen LogP contribution in [0.4, 0.5) is 4.79 Å². The molecule has 1 aliphatic rings. The topological polar surface area (TPSA) is 73.7 Å². The Morgan fingerprint density at radius 3 is 2.90 bits per heavy atom. The van der Waals surface area contributed by atoms with Crippen molar-refractivity contribution in [2.75, 3.05) is 13.6 Å². The first kappa shape index (κ1) is 15.3. The van der Waals surface area contributed by atoms with Crippen molar-refractivity contribution in [3.05, 3.63) is 30.1 Å². The van der Waals surface area contributed by atoms with E-state index in [4.69, 9.17) is 0 Å². The van der Waals surface area contributed by atoms with Crippen LogP contribution in [0.5, 0.6) is 0 Å². The Hall–Kier alpha value is -2.11. The Morgan fingerprint density at radius 1 is 1.43 bits per heavy atom. The summed E-state index contributed by atoms with van der Waals surface area (Å²) in [5.74, 6) is -0.917. The minimum atomic E-state index is -0.917. The standard InChI is InChI=1S/C15H21N3O3/c1-17(11-12-6-5-8-16-10-12)15(21)18-9-4-2-3-7-13(18)14(19)20/h5-6,8,10,13H,2-4,7,9,11H2,1H3,(H,19,20). The summed E-state index contributed by atoms with van der Waals surface area (Å²) in [5, 5.41) is 9.33. The van der Waals surface area contributed by atoms with E-state index in [9.17, 15) is 14.7 Å². The van der Waals surface area contributed by atoms with Crippen LogP contribution < -0.4 is 0 Å². The van der Waals surface area contributed by atoms with Crippen LogP contribution in [0.3, 0.4) is 0 Å². The van der Waals surface area contributed by atoms with Crippen molar-refractivity contribution in [3.63, 3.8) is 0 Å². The smallest absolute Gasteiger partial charge is 0.326 e. The lowest BCUT2D eigenvalue weighted by atomic mass is 10.1. The van der Waals surface area contributed by atoms with Gasteiger partial charge in [-0.25, -0.2) is 9.59 Å². The van der Waals surface area contributed by atoms with Crippen LogP contribution in [0.2, 0.25) is 0 Å². The fourth-order valence-electron chi connectivity index (χ4n) is 2.65. The predicted octanol–water partition coefficient (Wildman–Crippen LogP) is 1.96. The van der Waals surface area contributed by atoms with Crippen LogP contribution in [0.1, 0.15) is 31.2 Å². The van der Waals surface area contributed by atoms with Gasteiger partial charge in [0.1, 0.15) is 6.04 Å². The number of aliphatic carboxylic acids is 1. The second-order valence-electron chi connectivity index (χ2n) is 5.40. The van der Waals surface area contributed by atoms with Crippen LogP contribution in [0.25, 0.3) is 0 Å². The zero-order valence-electron chi connectivity index (χ0n) is 12.2. The Labute approximate surface area is 124 Å². The van der Waals surface area contributed by atoms with E-state index in [1.165, 1.54) is 4.90 Å². The van der Waals surface area contributed by atoms with Gasteiger partial charge >= 0.3 is 12.0 Å². The molecule has 0 bridgehead atoms. The average Bonchev–Trinajstić information content (AvgIpc) is 2.73. The molecule has 2 heterocycles. The third kappa shape index (κ3) is 3.93. The van der Waals surface area contributed by atoms with Crippen molar-refractivity contribution in [2.45, 2.75) is 38.3 Å². The number of amides is 2. The van der Waals surface area contributed by atoms with E-state index in [0.717, 1.165) is 24.8 Å². The summed E-state index contributed by atoms with van der Waals surface area (Å²) in [7, 11) is 1.69. The fraction of sp³-hybridized carbons (Fsp3) is 0.533. The SMILES string of the molecule is CN(Cc1cccnc1)C(=O)N1CCCCCC1C(=O)O. The number of aromatic nitrogens is 1. The Bertz CT molecular complexity index is 492. The minimum absolute atomic E-state index is 0.229. The molecular weight excluding hydrogens is 270 g/mol. The Kier molecular flexibility index (Phi) is 5.14. The number of carbonyl (C=O) groups is 2. The maximum absolute atomic E-state index is 12.5. The van der Waals surface area contributed by atoms with Gasteiger partial charge in [-0.15, -0.1) is 0 Å². The van der Waals surface area contributed by atoms with Gasteiger partial charge in [-0.1, -0.05) is 18.9 Å². The zero-order chi connectivity index (χ0) is 15.2. The van der Waals surface area contributed by atoms with Gasteiger partial charge in [-0.2, -0.15) is 0 Å². The summed E-state index contributed by atoms with van der Waals surface area (Å²) in [6, 6.07) is 2.78. The molecule has 1 unspecified atom stereocenters. The van der Waals surface area contributed by atoms with E-state index in [2.05, 4.69) is 4.98 Å².